The molecule has 0 aromatic rings. The summed E-state index contributed by atoms with van der Waals surface area (Å²) in [6.07, 6.45) is 0. The lowest BCUT2D eigenvalue weighted by Gasteiger charge is -2.33. The molecule has 0 saturated carbocycles. The number of likely N-dealkylation sites (N-methyl/N-ethyl adjacent to an activating group) is 1. The zero-order valence-electron chi connectivity index (χ0n) is 11.0. The first kappa shape index (κ1) is 16.6. The van der Waals surface area contributed by atoms with Gasteiger partial charge in [-0.25, -0.2) is 0 Å². The van der Waals surface area contributed by atoms with E-state index in [9.17, 15) is 18.0 Å². The van der Waals surface area contributed by atoms with Crippen molar-refractivity contribution in [1.29, 1.82) is 0 Å². The molecule has 0 spiro atoms. The van der Waals surface area contributed by atoms with E-state index in [0.717, 1.165) is 32.7 Å². The predicted octanol–water partition coefficient (Wildman–Crippen LogP) is 0.993. The van der Waals surface area contributed by atoms with Gasteiger partial charge in [-0.15, -0.1) is 0 Å². The zero-order valence-corrected chi connectivity index (χ0v) is 11.8. The number of amides is 1. The maximum Gasteiger partial charge on any atom is 0.441 e. The Kier molecular flexibility index (Phi) is 6.95. The molecule has 1 rings (SSSR count). The van der Waals surface area contributed by atoms with Gasteiger partial charge in [-0.05, 0) is 18.3 Å². The molecule has 0 radical (unpaired) electrons. The quantitative estimate of drug-likeness (QED) is 0.742. The van der Waals surface area contributed by atoms with E-state index in [-0.39, 0.29) is 36.5 Å². The Hall–Kier alpha value is -0.470. The second-order valence-electron chi connectivity index (χ2n) is 4.35. The highest BCUT2D eigenvalue weighted by atomic mass is 32.2. The van der Waals surface area contributed by atoms with E-state index in [4.69, 9.17) is 0 Å². The van der Waals surface area contributed by atoms with Crippen LogP contribution in [0.25, 0.3) is 0 Å². The minimum absolute atomic E-state index is 0.0535. The SMILES string of the molecule is CCN1CCN(CC(=O)NCCSC(F)(F)F)CC1. The third-order valence-electron chi connectivity index (χ3n) is 2.97. The van der Waals surface area contributed by atoms with Crippen LogP contribution >= 0.6 is 11.8 Å². The summed E-state index contributed by atoms with van der Waals surface area (Å²) in [6.45, 7) is 6.97. The van der Waals surface area contributed by atoms with Gasteiger partial charge in [0.25, 0.3) is 0 Å². The summed E-state index contributed by atoms with van der Waals surface area (Å²) < 4.78 is 35.6. The molecule has 1 fully saturated rings. The van der Waals surface area contributed by atoms with Crippen LogP contribution in [-0.2, 0) is 4.79 Å². The summed E-state index contributed by atoms with van der Waals surface area (Å²) in [5.74, 6) is -0.341. The molecule has 0 bridgehead atoms. The number of hydrogen-bond donors (Lipinski definition) is 1. The van der Waals surface area contributed by atoms with Gasteiger partial charge < -0.3 is 10.2 Å². The van der Waals surface area contributed by atoms with Crippen LogP contribution < -0.4 is 5.32 Å². The molecule has 0 aliphatic carbocycles. The third-order valence-corrected chi connectivity index (χ3v) is 3.70. The molecule has 1 saturated heterocycles. The van der Waals surface area contributed by atoms with Gasteiger partial charge in [-0.3, -0.25) is 9.69 Å². The van der Waals surface area contributed by atoms with Gasteiger partial charge in [0.15, 0.2) is 0 Å². The Balaban J connectivity index is 2.08. The second-order valence-corrected chi connectivity index (χ2v) is 5.51. The monoisotopic (exact) mass is 299 g/mol. The van der Waals surface area contributed by atoms with Crippen LogP contribution in [0.1, 0.15) is 6.92 Å². The van der Waals surface area contributed by atoms with Crippen LogP contribution in [0.3, 0.4) is 0 Å². The number of carbonyl (C=O) groups excluding carboxylic acids is 1. The Morgan fingerprint density at radius 2 is 1.79 bits per heavy atom. The number of halogens is 3. The smallest absolute Gasteiger partial charge is 0.354 e. The Bertz CT molecular complexity index is 281. The van der Waals surface area contributed by atoms with Crippen LogP contribution in [-0.4, -0.2) is 72.8 Å². The fourth-order valence-corrected chi connectivity index (χ4v) is 2.32. The van der Waals surface area contributed by atoms with Crippen LogP contribution in [0.5, 0.6) is 0 Å². The molecule has 0 atom stereocenters. The molecule has 1 aliphatic rings. The normalized spacial score (nSPS) is 18.5. The predicted molar refractivity (Wildman–Crippen MR) is 70.1 cm³/mol. The fourth-order valence-electron chi connectivity index (χ4n) is 1.88. The van der Waals surface area contributed by atoms with Gasteiger partial charge in [0, 0.05) is 38.5 Å². The molecule has 8 heteroatoms. The second kappa shape index (κ2) is 7.96. The first-order valence-corrected chi connectivity index (χ1v) is 7.31. The lowest BCUT2D eigenvalue weighted by atomic mass is 10.3. The van der Waals surface area contributed by atoms with Gasteiger partial charge in [-0.1, -0.05) is 6.92 Å². The highest BCUT2D eigenvalue weighted by molar-refractivity contribution is 8.00. The van der Waals surface area contributed by atoms with E-state index in [2.05, 4.69) is 17.1 Å². The van der Waals surface area contributed by atoms with Crippen molar-refractivity contribution >= 4 is 17.7 Å². The molecule has 112 valence electrons. The maximum absolute atomic E-state index is 11.9. The van der Waals surface area contributed by atoms with Crippen molar-refractivity contribution in [2.75, 3.05) is 51.6 Å². The summed E-state index contributed by atoms with van der Waals surface area (Å²) in [4.78, 5) is 15.9. The molecule has 4 nitrogen and oxygen atoms in total. The molecule has 1 N–H and O–H groups in total. The topological polar surface area (TPSA) is 35.6 Å². The molecule has 0 aromatic heterocycles. The molecule has 19 heavy (non-hydrogen) atoms. The molecule has 1 aliphatic heterocycles. The number of hydrogen-bond acceptors (Lipinski definition) is 4. The number of nitrogens with zero attached hydrogens (tertiary/aromatic N) is 2. The van der Waals surface area contributed by atoms with Gasteiger partial charge >= 0.3 is 5.51 Å². The summed E-state index contributed by atoms with van der Waals surface area (Å²) in [5, 5.41) is 2.51. The minimum Gasteiger partial charge on any atom is -0.354 e. The zero-order chi connectivity index (χ0) is 14.3. The number of carbonyl (C=O) groups is 1. The van der Waals surface area contributed by atoms with Crippen molar-refractivity contribution < 1.29 is 18.0 Å². The van der Waals surface area contributed by atoms with E-state index in [1.165, 1.54) is 0 Å². The number of alkyl halides is 3. The number of rotatable bonds is 6. The molecule has 1 amide bonds. The highest BCUT2D eigenvalue weighted by Crippen LogP contribution is 2.29. The largest absolute Gasteiger partial charge is 0.441 e. The molecule has 1 heterocycles. The maximum atomic E-state index is 11.9. The van der Waals surface area contributed by atoms with Crippen LogP contribution in [0, 0.1) is 0 Å². The molecule has 0 aromatic carbocycles. The highest BCUT2D eigenvalue weighted by Gasteiger charge is 2.27. The van der Waals surface area contributed by atoms with E-state index >= 15 is 0 Å². The van der Waals surface area contributed by atoms with Crippen molar-refractivity contribution in [2.24, 2.45) is 0 Å². The summed E-state index contributed by atoms with van der Waals surface area (Å²) in [5.41, 5.74) is -4.22. The number of piperazine rings is 1. The van der Waals surface area contributed by atoms with E-state index < -0.39 is 5.51 Å². The summed E-state index contributed by atoms with van der Waals surface area (Å²) >= 11 is -0.110. The average Bonchev–Trinajstić information content (AvgIpc) is 2.34. The standard InChI is InChI=1S/C11H20F3N3OS/c1-2-16-4-6-17(7-5-16)9-10(18)15-3-8-19-11(12,13)14/h2-9H2,1H3,(H,15,18). The average molecular weight is 299 g/mol. The van der Waals surface area contributed by atoms with Gasteiger partial charge in [0.05, 0.1) is 6.54 Å². The van der Waals surface area contributed by atoms with E-state index in [1.54, 1.807) is 0 Å². The minimum atomic E-state index is -4.22. The molecule has 0 unspecified atom stereocenters. The van der Waals surface area contributed by atoms with E-state index in [0.29, 0.717) is 0 Å². The first-order valence-electron chi connectivity index (χ1n) is 6.33. The first-order chi connectivity index (χ1) is 8.90. The van der Waals surface area contributed by atoms with E-state index in [1.807, 2.05) is 4.90 Å². The van der Waals surface area contributed by atoms with Gasteiger partial charge in [-0.2, -0.15) is 13.2 Å². The lowest BCUT2D eigenvalue weighted by molar-refractivity contribution is -0.122. The van der Waals surface area contributed by atoms with Crippen LogP contribution in [0.2, 0.25) is 0 Å². The Morgan fingerprint density at radius 3 is 2.32 bits per heavy atom. The summed E-state index contributed by atoms with van der Waals surface area (Å²) in [7, 11) is 0. The Morgan fingerprint density at radius 1 is 1.21 bits per heavy atom. The van der Waals surface area contributed by atoms with Gasteiger partial charge in [0.2, 0.25) is 5.91 Å². The van der Waals surface area contributed by atoms with Crippen molar-refractivity contribution in [3.8, 4) is 0 Å². The van der Waals surface area contributed by atoms with Crippen molar-refractivity contribution in [3.63, 3.8) is 0 Å². The number of thioether (sulfide) groups is 1. The van der Waals surface area contributed by atoms with Crippen LogP contribution in [0.15, 0.2) is 0 Å². The van der Waals surface area contributed by atoms with Gasteiger partial charge in [0.1, 0.15) is 0 Å². The van der Waals surface area contributed by atoms with Crippen LogP contribution in [0.4, 0.5) is 13.2 Å². The van der Waals surface area contributed by atoms with Crippen molar-refractivity contribution in [2.45, 2.75) is 12.4 Å². The van der Waals surface area contributed by atoms with Crippen molar-refractivity contribution in [1.82, 2.24) is 15.1 Å². The third kappa shape index (κ3) is 7.64. The van der Waals surface area contributed by atoms with Crippen molar-refractivity contribution in [3.05, 3.63) is 0 Å². The fraction of sp³-hybridized carbons (Fsp3) is 0.909. The molecular weight excluding hydrogens is 279 g/mol. The lowest BCUT2D eigenvalue weighted by Crippen LogP contribution is -2.49. The Labute approximate surface area is 115 Å². The number of nitrogens with one attached hydrogen (secondary N) is 1. The molecular formula is C11H20F3N3OS. The summed E-state index contributed by atoms with van der Waals surface area (Å²) in [6, 6.07) is 0.